The van der Waals surface area contributed by atoms with Crippen molar-refractivity contribution >= 4 is 82.2 Å². The molecule has 9 rings (SSSR count). The molecule has 0 atom stereocenters. The maximum Gasteiger partial charge on any atom is 0.309 e. The number of fused-ring (bicyclic) bond motifs is 6. The number of anilines is 3. The van der Waals surface area contributed by atoms with Crippen molar-refractivity contribution in [1.29, 1.82) is 0 Å². The zero-order chi connectivity index (χ0) is 49.9. The zero-order valence-corrected chi connectivity index (χ0v) is 40.6. The molecule has 3 N–H and O–H groups in total. The molecule has 13 nitrogen and oxygen atoms in total. The first kappa shape index (κ1) is 47.9. The Morgan fingerprint density at radius 2 is 1.29 bits per heavy atom. The summed E-state index contributed by atoms with van der Waals surface area (Å²) in [7, 11) is -9.17. The van der Waals surface area contributed by atoms with Gasteiger partial charge in [0.2, 0.25) is 5.69 Å². The van der Waals surface area contributed by atoms with Gasteiger partial charge in [0, 0.05) is 52.4 Å². The zero-order valence-electron chi connectivity index (χ0n) is 39.0. The molecule has 0 bridgehead atoms. The monoisotopic (exact) mass is 977 g/mol. The lowest BCUT2D eigenvalue weighted by atomic mass is 9.79. The summed E-state index contributed by atoms with van der Waals surface area (Å²) in [6.45, 7) is 8.59. The van der Waals surface area contributed by atoms with Crippen molar-refractivity contribution in [3.8, 4) is 0 Å². The molecular weight excluding hydrogens is 927 g/mol. The van der Waals surface area contributed by atoms with E-state index in [0.717, 1.165) is 72.9 Å². The maximum atomic E-state index is 12.1. The second-order valence-electron chi connectivity index (χ2n) is 18.8. The van der Waals surface area contributed by atoms with Gasteiger partial charge >= 0.3 is 11.9 Å². The van der Waals surface area contributed by atoms with E-state index in [0.29, 0.717) is 23.6 Å². The number of aliphatic carboxylic acids is 2. The molecule has 0 radical (unpaired) electrons. The summed E-state index contributed by atoms with van der Waals surface area (Å²) in [6, 6.07) is 36.2. The van der Waals surface area contributed by atoms with E-state index < -0.39 is 43.0 Å². The highest BCUT2D eigenvalue weighted by Gasteiger charge is 2.46. The second-order valence-corrected chi connectivity index (χ2v) is 21.6. The molecule has 0 fully saturated rings. The first-order valence-electron chi connectivity index (χ1n) is 22.8. The van der Waals surface area contributed by atoms with Gasteiger partial charge in [-0.1, -0.05) is 80.6 Å². The fourth-order valence-corrected chi connectivity index (χ4v) is 11.6. The normalized spacial score (nSPS) is 17.7. The van der Waals surface area contributed by atoms with Crippen LogP contribution in [-0.2, 0) is 40.7 Å². The number of hydrogen-bond donors (Lipinski definition) is 3. The molecule has 2 heterocycles. The molecule has 15 heteroatoms. The number of nitrogens with zero attached hydrogens (tertiary/aromatic N) is 3. The first-order chi connectivity index (χ1) is 33.2. The lowest BCUT2D eigenvalue weighted by Crippen LogP contribution is -2.28. The summed E-state index contributed by atoms with van der Waals surface area (Å²) in [4.78, 5) is 27.9. The number of hydrogen-bond acceptors (Lipinski definition) is 9. The van der Waals surface area contributed by atoms with Crippen LogP contribution in [0.3, 0.4) is 0 Å². The van der Waals surface area contributed by atoms with Crippen molar-refractivity contribution in [2.45, 2.75) is 74.0 Å². The summed E-state index contributed by atoms with van der Waals surface area (Å²) in [6.07, 6.45) is 9.31. The van der Waals surface area contributed by atoms with Crippen molar-refractivity contribution in [1.82, 2.24) is 0 Å². The van der Waals surface area contributed by atoms with Gasteiger partial charge < -0.3 is 24.6 Å². The highest BCUT2D eigenvalue weighted by molar-refractivity contribution is 7.86. The summed E-state index contributed by atoms with van der Waals surface area (Å²) in [5.41, 5.74) is 8.43. The van der Waals surface area contributed by atoms with Gasteiger partial charge in [-0.2, -0.15) is 13.0 Å². The Labute approximate surface area is 406 Å². The summed E-state index contributed by atoms with van der Waals surface area (Å²) in [5, 5.41) is 22.5. The molecule has 2 aliphatic heterocycles. The Kier molecular flexibility index (Phi) is 12.3. The van der Waals surface area contributed by atoms with Crippen LogP contribution in [0.4, 0.5) is 22.7 Å². The number of para-hydroxylation sites is 2. The highest BCUT2D eigenvalue weighted by atomic mass is 32.2. The van der Waals surface area contributed by atoms with Crippen molar-refractivity contribution in [2.75, 3.05) is 22.9 Å². The Morgan fingerprint density at radius 1 is 0.700 bits per heavy atom. The minimum atomic E-state index is -4.71. The van der Waals surface area contributed by atoms with Gasteiger partial charge in [-0.25, -0.2) is 8.42 Å². The Hall–Kier alpha value is -7.17. The predicted molar refractivity (Wildman–Crippen MR) is 270 cm³/mol. The number of rotatable bonds is 14. The van der Waals surface area contributed by atoms with Crippen LogP contribution in [0.1, 0.15) is 64.5 Å². The van der Waals surface area contributed by atoms with Crippen LogP contribution >= 0.6 is 0 Å². The van der Waals surface area contributed by atoms with Gasteiger partial charge in [-0.15, -0.1) is 0 Å². The fraction of sp³-hybridized carbons (Fsp3) is 0.218. The lowest BCUT2D eigenvalue weighted by Gasteiger charge is -2.29. The largest absolute Gasteiger partial charge is 0.744 e. The van der Waals surface area contributed by atoms with Crippen molar-refractivity contribution in [3.63, 3.8) is 0 Å². The van der Waals surface area contributed by atoms with Gasteiger partial charge in [0.25, 0.3) is 10.1 Å². The molecule has 0 aromatic heterocycles. The quantitative estimate of drug-likeness (QED) is 0.0691. The molecule has 3 aliphatic rings. The van der Waals surface area contributed by atoms with Gasteiger partial charge in [0.15, 0.2) is 12.3 Å². The van der Waals surface area contributed by atoms with Crippen LogP contribution in [0.25, 0.3) is 21.5 Å². The van der Waals surface area contributed by atoms with Gasteiger partial charge in [-0.3, -0.25) is 14.1 Å². The number of carboxylic acids is 2. The minimum Gasteiger partial charge on any atom is -0.744 e. The molecular formula is C55H51N3O10S2. The van der Waals surface area contributed by atoms with E-state index in [2.05, 4.69) is 56.9 Å². The van der Waals surface area contributed by atoms with Gasteiger partial charge in [0.1, 0.15) is 16.5 Å². The van der Waals surface area contributed by atoms with Crippen LogP contribution in [0.5, 0.6) is 0 Å². The smallest absolute Gasteiger partial charge is 0.309 e. The molecule has 6 aromatic rings. The first-order valence-corrected chi connectivity index (χ1v) is 25.7. The van der Waals surface area contributed by atoms with Crippen LogP contribution in [-0.4, -0.2) is 71.5 Å². The fourth-order valence-electron chi connectivity index (χ4n) is 10.6. The SMILES string of the molecule is CC1(C)C(/C=C/C2=C(N(c3ccccc3)c3ccccc3)C(=C/C=C3\N(CCC(=O)O)c4ccc5cc(S(=O)(=O)[O-])ccc5c4C3(C)C)/CC2)=[N+](CCC(=O)O)c2ccc3cc(S(=O)(=O)O)ccc3c21. The van der Waals surface area contributed by atoms with Gasteiger partial charge in [0.05, 0.1) is 27.3 Å². The molecule has 6 aromatic carbocycles. The maximum absolute atomic E-state index is 12.1. The molecule has 0 saturated heterocycles. The van der Waals surface area contributed by atoms with Crippen molar-refractivity contribution in [3.05, 3.63) is 179 Å². The lowest BCUT2D eigenvalue weighted by molar-refractivity contribution is -0.436. The molecule has 1 aliphatic carbocycles. The van der Waals surface area contributed by atoms with E-state index in [4.69, 9.17) is 0 Å². The Bertz CT molecular complexity index is 3520. The van der Waals surface area contributed by atoms with Crippen molar-refractivity contribution < 1.29 is 50.3 Å². The third-order valence-electron chi connectivity index (χ3n) is 13.7. The summed E-state index contributed by atoms with van der Waals surface area (Å²) < 4.78 is 72.2. The number of allylic oxidation sites excluding steroid dienone is 7. The minimum absolute atomic E-state index is 0.138. The van der Waals surface area contributed by atoms with E-state index in [-0.39, 0.29) is 35.7 Å². The molecule has 0 unspecified atom stereocenters. The standard InChI is InChI=1S/C55H51N3O10S2/c1-54(2)47(56(31-29-49(59)60)45-25-17-37-33-41(69(63,64)65)21-23-43(37)51(45)54)27-19-35-15-16-36(53(35)58(39-11-7-5-8-12-39)40-13-9-6-10-14-40)20-28-48-55(3,4)52-44-24-22-42(70(66,67)68)34-38(44)18-26-46(52)57(48)32-30-50(61)62/h5-14,17-28,33-34H,15-16,29-32H2,1-4H3,(H3-,59,60,61,62,63,64,65,66,67,68). The van der Waals surface area contributed by atoms with E-state index >= 15 is 0 Å². The van der Waals surface area contributed by atoms with Crippen LogP contribution in [0.2, 0.25) is 0 Å². The molecule has 0 amide bonds. The topological polar surface area (TPSA) is 196 Å². The summed E-state index contributed by atoms with van der Waals surface area (Å²) in [5.74, 6) is -1.91. The Morgan fingerprint density at radius 3 is 1.89 bits per heavy atom. The highest BCUT2D eigenvalue weighted by Crippen LogP contribution is 2.52. The van der Waals surface area contributed by atoms with Crippen molar-refractivity contribution in [2.24, 2.45) is 0 Å². The Balaban J connectivity index is 1.22. The number of carbonyl (C=O) groups is 2. The number of benzene rings is 6. The third-order valence-corrected chi connectivity index (χ3v) is 15.4. The van der Waals surface area contributed by atoms with Crippen LogP contribution in [0.15, 0.2) is 178 Å². The predicted octanol–water partition coefficient (Wildman–Crippen LogP) is 10.5. The van der Waals surface area contributed by atoms with E-state index in [1.54, 1.807) is 24.3 Å². The average Bonchev–Trinajstić information content (AvgIpc) is 3.88. The van der Waals surface area contributed by atoms with E-state index in [9.17, 15) is 45.7 Å². The molecule has 0 saturated carbocycles. The third kappa shape index (κ3) is 8.74. The molecule has 70 heavy (non-hydrogen) atoms. The molecule has 358 valence electrons. The summed E-state index contributed by atoms with van der Waals surface area (Å²) >= 11 is 0. The van der Waals surface area contributed by atoms with Crippen LogP contribution in [0, 0.1) is 0 Å². The van der Waals surface area contributed by atoms with E-state index in [1.165, 1.54) is 24.3 Å². The van der Waals surface area contributed by atoms with Gasteiger partial charge in [-0.05, 0) is 132 Å². The number of carboxylic acid groups (broad SMARTS) is 2. The molecule has 0 spiro atoms. The average molecular weight is 978 g/mol. The van der Waals surface area contributed by atoms with E-state index in [1.807, 2.05) is 82.3 Å². The second kappa shape index (κ2) is 18.0. The van der Waals surface area contributed by atoms with Crippen LogP contribution < -0.4 is 9.80 Å².